The van der Waals surface area contributed by atoms with Crippen LogP contribution in [0.2, 0.25) is 0 Å². The van der Waals surface area contributed by atoms with Crippen LogP contribution in [0.3, 0.4) is 0 Å². The van der Waals surface area contributed by atoms with E-state index in [-0.39, 0.29) is 17.9 Å². The van der Waals surface area contributed by atoms with Crippen LogP contribution in [0.25, 0.3) is 0 Å². The summed E-state index contributed by atoms with van der Waals surface area (Å²) < 4.78 is 0. The summed E-state index contributed by atoms with van der Waals surface area (Å²) >= 11 is 0. The van der Waals surface area contributed by atoms with Crippen molar-refractivity contribution >= 4 is 17.6 Å². The number of carbonyl (C=O) groups is 2. The molecule has 0 radical (unpaired) electrons. The van der Waals surface area contributed by atoms with Crippen molar-refractivity contribution in [2.75, 3.05) is 51.2 Å². The van der Waals surface area contributed by atoms with Crippen molar-refractivity contribution in [2.24, 2.45) is 5.92 Å². The first-order valence-corrected chi connectivity index (χ1v) is 9.23. The van der Waals surface area contributed by atoms with Crippen LogP contribution < -0.4 is 10.2 Å². The Morgan fingerprint density at radius 1 is 1.08 bits per heavy atom. The number of anilines is 1. The molecule has 1 aromatic carbocycles. The molecular weight excluding hydrogens is 316 g/mol. The van der Waals surface area contributed by atoms with Crippen LogP contribution in [0, 0.1) is 5.92 Å². The van der Waals surface area contributed by atoms with Crippen molar-refractivity contribution in [2.45, 2.75) is 19.3 Å². The molecule has 1 saturated carbocycles. The second-order valence-corrected chi connectivity index (χ2v) is 6.93. The molecule has 1 saturated heterocycles. The molecule has 1 heterocycles. The molecule has 0 spiro atoms. The molecule has 1 N–H and O–H groups in total. The first kappa shape index (κ1) is 17.6. The molecule has 1 aromatic rings. The minimum atomic E-state index is -0.0304. The van der Waals surface area contributed by atoms with E-state index in [2.05, 4.69) is 22.3 Å². The Morgan fingerprint density at radius 2 is 1.72 bits per heavy atom. The molecule has 1 aliphatic carbocycles. The molecule has 2 fully saturated rings. The Labute approximate surface area is 149 Å². The van der Waals surface area contributed by atoms with Crippen molar-refractivity contribution in [3.8, 4) is 0 Å². The second kappa shape index (κ2) is 8.23. The summed E-state index contributed by atoms with van der Waals surface area (Å²) in [5.74, 6) is 0.532. The quantitative estimate of drug-likeness (QED) is 0.886. The molecule has 6 heteroatoms. The lowest BCUT2D eigenvalue weighted by Crippen LogP contribution is -2.55. The second-order valence-electron chi connectivity index (χ2n) is 6.93. The van der Waals surface area contributed by atoms with E-state index in [4.69, 9.17) is 0 Å². The van der Waals surface area contributed by atoms with Crippen LogP contribution in [0.1, 0.15) is 19.3 Å². The largest absolute Gasteiger partial charge is 0.373 e. The molecular formula is C19H28N4O2. The summed E-state index contributed by atoms with van der Waals surface area (Å²) in [6, 6.07) is 10.1. The fraction of sp³-hybridized carbons (Fsp3) is 0.579. The molecule has 1 aliphatic heterocycles. The summed E-state index contributed by atoms with van der Waals surface area (Å²) in [6.45, 7) is 3.93. The van der Waals surface area contributed by atoms with E-state index >= 15 is 0 Å². The van der Waals surface area contributed by atoms with Gasteiger partial charge in [-0.3, -0.25) is 4.79 Å². The Kier molecular flexibility index (Phi) is 5.79. The fourth-order valence-corrected chi connectivity index (χ4v) is 3.30. The lowest BCUT2D eigenvalue weighted by Gasteiger charge is -2.38. The van der Waals surface area contributed by atoms with Gasteiger partial charge < -0.3 is 20.0 Å². The van der Waals surface area contributed by atoms with Crippen LogP contribution in [-0.4, -0.2) is 68.1 Å². The predicted molar refractivity (Wildman–Crippen MR) is 98.6 cm³/mol. The highest BCUT2D eigenvalue weighted by atomic mass is 16.2. The Balaban J connectivity index is 1.36. The lowest BCUT2D eigenvalue weighted by atomic mass is 9.84. The van der Waals surface area contributed by atoms with Crippen molar-refractivity contribution < 1.29 is 9.59 Å². The first-order valence-electron chi connectivity index (χ1n) is 9.23. The number of para-hydroxylation sites is 1. The number of nitrogens with one attached hydrogen (secondary N) is 1. The summed E-state index contributed by atoms with van der Waals surface area (Å²) in [5, 5.41) is 2.98. The number of benzene rings is 1. The zero-order chi connectivity index (χ0) is 17.6. The van der Waals surface area contributed by atoms with Gasteiger partial charge in [0, 0.05) is 57.9 Å². The number of hydrogen-bond acceptors (Lipinski definition) is 3. The topological polar surface area (TPSA) is 55.9 Å². The van der Waals surface area contributed by atoms with E-state index in [0.717, 1.165) is 25.1 Å². The Bertz CT molecular complexity index is 580. The van der Waals surface area contributed by atoms with Crippen LogP contribution >= 0.6 is 0 Å². The van der Waals surface area contributed by atoms with Crippen LogP contribution in [0.4, 0.5) is 10.5 Å². The molecule has 2 aliphatic rings. The third-order valence-corrected chi connectivity index (χ3v) is 5.25. The normalized spacial score (nSPS) is 17.8. The molecule has 0 aromatic heterocycles. The highest BCUT2D eigenvalue weighted by Crippen LogP contribution is 2.28. The van der Waals surface area contributed by atoms with Gasteiger partial charge in [-0.15, -0.1) is 0 Å². The minimum Gasteiger partial charge on any atom is -0.373 e. The van der Waals surface area contributed by atoms with Gasteiger partial charge in [0.15, 0.2) is 0 Å². The van der Waals surface area contributed by atoms with Crippen molar-refractivity contribution in [1.82, 2.24) is 15.1 Å². The number of carbonyl (C=O) groups excluding carboxylic acids is 2. The molecule has 6 nitrogen and oxygen atoms in total. The molecule has 0 unspecified atom stereocenters. The number of rotatable bonds is 5. The predicted octanol–water partition coefficient (Wildman–Crippen LogP) is 1.78. The van der Waals surface area contributed by atoms with Gasteiger partial charge in [-0.25, -0.2) is 4.79 Å². The SMILES string of the molecule is CN(CCNC(=O)N1CCN(C(=O)C2CCC2)CC1)c1ccccc1. The van der Waals surface area contributed by atoms with Gasteiger partial charge in [-0.05, 0) is 25.0 Å². The van der Waals surface area contributed by atoms with Crippen LogP contribution in [0.5, 0.6) is 0 Å². The third-order valence-electron chi connectivity index (χ3n) is 5.25. The van der Waals surface area contributed by atoms with Crippen molar-refractivity contribution in [1.29, 1.82) is 0 Å². The van der Waals surface area contributed by atoms with Gasteiger partial charge in [0.2, 0.25) is 5.91 Å². The van der Waals surface area contributed by atoms with Gasteiger partial charge in [0.25, 0.3) is 0 Å². The number of hydrogen-bond donors (Lipinski definition) is 1. The van der Waals surface area contributed by atoms with E-state index in [1.165, 1.54) is 6.42 Å². The minimum absolute atomic E-state index is 0.0304. The molecule has 25 heavy (non-hydrogen) atoms. The van der Waals surface area contributed by atoms with E-state index < -0.39 is 0 Å². The highest BCUT2D eigenvalue weighted by Gasteiger charge is 2.31. The Hall–Kier alpha value is -2.24. The zero-order valence-electron chi connectivity index (χ0n) is 15.0. The van der Waals surface area contributed by atoms with Gasteiger partial charge in [-0.1, -0.05) is 24.6 Å². The zero-order valence-corrected chi connectivity index (χ0v) is 15.0. The number of nitrogens with zero attached hydrogens (tertiary/aromatic N) is 3. The van der Waals surface area contributed by atoms with Crippen LogP contribution in [-0.2, 0) is 4.79 Å². The van der Waals surface area contributed by atoms with E-state index in [1.807, 2.05) is 35.0 Å². The standard InChI is InChI=1S/C19H28N4O2/c1-21(17-8-3-2-4-9-17)11-10-20-19(25)23-14-12-22(13-15-23)18(24)16-6-5-7-16/h2-4,8-9,16H,5-7,10-15H2,1H3,(H,20,25). The smallest absolute Gasteiger partial charge is 0.317 e. The lowest BCUT2D eigenvalue weighted by molar-refractivity contribution is -0.139. The van der Waals surface area contributed by atoms with Gasteiger partial charge in [-0.2, -0.15) is 0 Å². The summed E-state index contributed by atoms with van der Waals surface area (Å²) in [6.07, 6.45) is 3.25. The van der Waals surface area contributed by atoms with Gasteiger partial charge >= 0.3 is 6.03 Å². The monoisotopic (exact) mass is 344 g/mol. The van der Waals surface area contributed by atoms with Crippen molar-refractivity contribution in [3.63, 3.8) is 0 Å². The number of amides is 3. The van der Waals surface area contributed by atoms with E-state index in [1.54, 1.807) is 0 Å². The highest BCUT2D eigenvalue weighted by molar-refractivity contribution is 5.80. The van der Waals surface area contributed by atoms with Crippen LogP contribution in [0.15, 0.2) is 30.3 Å². The molecule has 0 bridgehead atoms. The average molecular weight is 344 g/mol. The number of urea groups is 1. The van der Waals surface area contributed by atoms with Crippen molar-refractivity contribution in [3.05, 3.63) is 30.3 Å². The van der Waals surface area contributed by atoms with E-state index in [9.17, 15) is 9.59 Å². The number of piperazine rings is 1. The van der Waals surface area contributed by atoms with Gasteiger partial charge in [0.05, 0.1) is 0 Å². The Morgan fingerprint density at radius 3 is 2.32 bits per heavy atom. The van der Waals surface area contributed by atoms with E-state index in [0.29, 0.717) is 32.7 Å². The maximum Gasteiger partial charge on any atom is 0.317 e. The summed E-state index contributed by atoms with van der Waals surface area (Å²) in [7, 11) is 2.02. The average Bonchev–Trinajstić information content (AvgIpc) is 2.61. The number of likely N-dealkylation sites (N-methyl/N-ethyl adjacent to an activating group) is 1. The maximum absolute atomic E-state index is 12.3. The van der Waals surface area contributed by atoms with Gasteiger partial charge in [0.1, 0.15) is 0 Å². The first-order chi connectivity index (χ1) is 12.1. The maximum atomic E-state index is 12.3. The molecule has 3 rings (SSSR count). The summed E-state index contributed by atoms with van der Waals surface area (Å²) in [4.78, 5) is 30.4. The molecule has 3 amide bonds. The molecule has 0 atom stereocenters. The third kappa shape index (κ3) is 4.44. The fourth-order valence-electron chi connectivity index (χ4n) is 3.30. The molecule has 136 valence electrons. The summed E-state index contributed by atoms with van der Waals surface area (Å²) in [5.41, 5.74) is 1.14.